The maximum Gasteiger partial charge on any atom is 0.416 e. The summed E-state index contributed by atoms with van der Waals surface area (Å²) in [5.74, 6) is -1.96. The number of rotatable bonds is 10. The smallest absolute Gasteiger partial charge is 0.378 e. The number of H-pyrrole nitrogens is 1. The van der Waals surface area contributed by atoms with Gasteiger partial charge in [-0.3, -0.25) is 19.7 Å². The van der Waals surface area contributed by atoms with Crippen molar-refractivity contribution in [1.29, 1.82) is 0 Å². The Labute approximate surface area is 315 Å². The third kappa shape index (κ3) is 9.96. The number of carbonyl (C=O) groups is 3. The van der Waals surface area contributed by atoms with Gasteiger partial charge >= 0.3 is 6.18 Å². The van der Waals surface area contributed by atoms with E-state index in [9.17, 15) is 27.6 Å². The second-order valence-corrected chi connectivity index (χ2v) is 13.8. The molecule has 0 radical (unpaired) electrons. The van der Waals surface area contributed by atoms with E-state index >= 15 is 0 Å². The van der Waals surface area contributed by atoms with E-state index < -0.39 is 54.1 Å². The number of fused-ring (bicyclic) bond motifs is 3. The maximum atomic E-state index is 14.6. The van der Waals surface area contributed by atoms with Crippen LogP contribution < -0.4 is 27.4 Å². The molecule has 1 aliphatic rings. The van der Waals surface area contributed by atoms with E-state index in [-0.39, 0.29) is 62.9 Å². The number of benzene rings is 2. The van der Waals surface area contributed by atoms with Gasteiger partial charge in [0.05, 0.1) is 32.0 Å². The predicted molar refractivity (Wildman–Crippen MR) is 197 cm³/mol. The second kappa shape index (κ2) is 18.7. The number of amides is 3. The van der Waals surface area contributed by atoms with Crippen LogP contribution in [0.4, 0.5) is 13.2 Å². The quantitative estimate of drug-likeness (QED) is 0.131. The molecule has 0 spiro atoms. The molecule has 0 fully saturated rings. The molecule has 54 heavy (non-hydrogen) atoms. The molecule has 13 nitrogen and oxygen atoms in total. The first kappa shape index (κ1) is 40.7. The molecule has 0 saturated carbocycles. The molecular weight excluding hydrogens is 726 g/mol. The van der Waals surface area contributed by atoms with E-state index in [1.165, 1.54) is 24.2 Å². The predicted octanol–water partition coefficient (Wildman–Crippen LogP) is 2.63. The minimum absolute atomic E-state index is 0.00162. The van der Waals surface area contributed by atoms with E-state index in [1.54, 1.807) is 25.3 Å². The fraction of sp³-hybridized carbons (Fsp3) is 0.405. The van der Waals surface area contributed by atoms with E-state index in [0.29, 0.717) is 21.7 Å². The Kier molecular flexibility index (Phi) is 14.1. The SMILES string of the molecule is Cc1ccc(C(F)(F)F)c2c1Sc1ncccc1CNC(COCCN)C(=O)NC(COCCN)C(=O)N(C)C(Cc1c[nH]c3ccccc13)C(=O)NC2. The number of para-hydroxylation sites is 1. The second-order valence-electron chi connectivity index (χ2n) is 12.8. The summed E-state index contributed by atoms with van der Waals surface area (Å²) in [7, 11) is 1.41. The molecule has 290 valence electrons. The highest BCUT2D eigenvalue weighted by Gasteiger charge is 2.37. The zero-order chi connectivity index (χ0) is 38.8. The number of nitrogens with one attached hydrogen (secondary N) is 4. The molecule has 2 aromatic heterocycles. The van der Waals surface area contributed by atoms with Crippen molar-refractivity contribution in [2.45, 2.75) is 60.7 Å². The minimum Gasteiger partial charge on any atom is -0.378 e. The largest absolute Gasteiger partial charge is 0.416 e. The van der Waals surface area contributed by atoms with Crippen molar-refractivity contribution in [1.82, 2.24) is 30.8 Å². The van der Waals surface area contributed by atoms with Crippen LogP contribution >= 0.6 is 11.8 Å². The van der Waals surface area contributed by atoms with Crippen LogP contribution in [0.25, 0.3) is 10.9 Å². The standard InChI is InChI=1S/C37H45F3N8O5S/c1-22-9-10-27(37(38,39)40)26-19-46-34(50)31(16-24-18-44-28-8-4-3-7-25(24)28)48(2)36(51)30(21-53-15-12-42)47-33(49)29(20-52-14-11-41)45-17-23-6-5-13-43-35(23)54-32(22)26/h3-10,13,18,29-31,44-45H,11-12,14-17,19-21,41-42H2,1-2H3,(H,46,50)(H,47,49). The molecule has 0 bridgehead atoms. The first-order valence-electron chi connectivity index (χ1n) is 17.4. The van der Waals surface area contributed by atoms with Gasteiger partial charge in [-0.25, -0.2) is 4.98 Å². The molecule has 3 amide bonds. The molecule has 17 heteroatoms. The number of aromatic amines is 1. The van der Waals surface area contributed by atoms with Crippen molar-refractivity contribution >= 4 is 40.4 Å². The summed E-state index contributed by atoms with van der Waals surface area (Å²) in [6, 6.07) is 9.71. The van der Waals surface area contributed by atoms with E-state index in [0.717, 1.165) is 28.7 Å². The molecular formula is C37H45F3N8O5S. The average Bonchev–Trinajstić information content (AvgIpc) is 3.56. The van der Waals surface area contributed by atoms with Gasteiger partial charge in [-0.05, 0) is 47.4 Å². The number of nitrogens with zero attached hydrogens (tertiary/aromatic N) is 2. The van der Waals surface area contributed by atoms with E-state index in [1.807, 2.05) is 24.3 Å². The Morgan fingerprint density at radius 2 is 1.67 bits per heavy atom. The molecule has 2 aromatic carbocycles. The number of pyridine rings is 1. The summed E-state index contributed by atoms with van der Waals surface area (Å²) < 4.78 is 55.1. The van der Waals surface area contributed by atoms with Gasteiger partial charge in [0.2, 0.25) is 17.7 Å². The van der Waals surface area contributed by atoms with Gasteiger partial charge in [0.1, 0.15) is 23.2 Å². The number of carbonyl (C=O) groups excluding carboxylic acids is 3. The van der Waals surface area contributed by atoms with Crippen molar-refractivity contribution in [2.24, 2.45) is 11.5 Å². The topological polar surface area (TPSA) is 190 Å². The van der Waals surface area contributed by atoms with E-state index in [4.69, 9.17) is 20.9 Å². The first-order chi connectivity index (χ1) is 25.9. The van der Waals surface area contributed by atoms with Crippen LogP contribution in [0.15, 0.2) is 70.8 Å². The van der Waals surface area contributed by atoms with Crippen LogP contribution in [0.5, 0.6) is 0 Å². The van der Waals surface area contributed by atoms with Crippen LogP contribution in [0.2, 0.25) is 0 Å². The lowest BCUT2D eigenvalue weighted by Gasteiger charge is -2.32. The highest BCUT2D eigenvalue weighted by Crippen LogP contribution is 2.41. The van der Waals surface area contributed by atoms with Crippen molar-refractivity contribution in [3.05, 3.63) is 88.7 Å². The zero-order valence-corrected chi connectivity index (χ0v) is 30.8. The van der Waals surface area contributed by atoms with Crippen molar-refractivity contribution in [2.75, 3.05) is 46.6 Å². The van der Waals surface area contributed by atoms with Crippen molar-refractivity contribution in [3.63, 3.8) is 0 Å². The third-order valence-corrected chi connectivity index (χ3v) is 10.4. The average molecular weight is 771 g/mol. The number of likely N-dealkylation sites (N-methyl/N-ethyl adjacent to an activating group) is 1. The molecule has 3 unspecified atom stereocenters. The van der Waals surface area contributed by atoms with Gasteiger partial charge in [-0.15, -0.1) is 0 Å². The van der Waals surface area contributed by atoms with Crippen LogP contribution in [0.1, 0.15) is 27.8 Å². The summed E-state index contributed by atoms with van der Waals surface area (Å²) in [5.41, 5.74) is 12.8. The monoisotopic (exact) mass is 770 g/mol. The molecule has 5 rings (SSSR count). The number of halogens is 3. The van der Waals surface area contributed by atoms with Crippen LogP contribution in [-0.4, -0.2) is 97.3 Å². The maximum absolute atomic E-state index is 14.6. The summed E-state index contributed by atoms with van der Waals surface area (Å²) in [5, 5.41) is 9.85. The van der Waals surface area contributed by atoms with Gasteiger partial charge in [0.25, 0.3) is 0 Å². The fourth-order valence-electron chi connectivity index (χ4n) is 6.16. The summed E-state index contributed by atoms with van der Waals surface area (Å²) in [6.45, 7) is 1.48. The number of hydrogen-bond donors (Lipinski definition) is 6. The number of alkyl halides is 3. The first-order valence-corrected chi connectivity index (χ1v) is 18.2. The summed E-state index contributed by atoms with van der Waals surface area (Å²) in [6.07, 6.45) is -1.50. The van der Waals surface area contributed by atoms with Crippen LogP contribution in [-0.2, 0) is 49.5 Å². The van der Waals surface area contributed by atoms with Gasteiger partial charge in [0.15, 0.2) is 0 Å². The van der Waals surface area contributed by atoms with Gasteiger partial charge in [-0.1, -0.05) is 42.1 Å². The van der Waals surface area contributed by atoms with Gasteiger partial charge < -0.3 is 41.5 Å². The van der Waals surface area contributed by atoms with E-state index in [2.05, 4.69) is 25.9 Å². The van der Waals surface area contributed by atoms with Gasteiger partial charge in [-0.2, -0.15) is 13.2 Å². The molecule has 3 atom stereocenters. The Bertz CT molecular complexity index is 1930. The Morgan fingerprint density at radius 1 is 0.944 bits per heavy atom. The lowest BCUT2D eigenvalue weighted by atomic mass is 10.0. The number of hydrogen-bond acceptors (Lipinski definition) is 10. The highest BCUT2D eigenvalue weighted by molar-refractivity contribution is 7.99. The number of ether oxygens (including phenoxy) is 2. The third-order valence-electron chi connectivity index (χ3n) is 9.02. The number of aryl methyl sites for hydroxylation is 1. The highest BCUT2D eigenvalue weighted by atomic mass is 32.2. The molecule has 3 heterocycles. The molecule has 8 N–H and O–H groups in total. The Morgan fingerprint density at radius 3 is 2.39 bits per heavy atom. The summed E-state index contributed by atoms with van der Waals surface area (Å²) in [4.78, 5) is 51.6. The normalized spacial score (nSPS) is 19.2. The molecule has 4 aromatic rings. The zero-order valence-electron chi connectivity index (χ0n) is 30.0. The van der Waals surface area contributed by atoms with Crippen molar-refractivity contribution in [3.8, 4) is 0 Å². The number of aromatic nitrogens is 2. The molecule has 0 saturated heterocycles. The molecule has 0 aliphatic carbocycles. The minimum atomic E-state index is -4.74. The lowest BCUT2D eigenvalue weighted by Crippen LogP contribution is -2.59. The lowest BCUT2D eigenvalue weighted by molar-refractivity contribution is -0.143. The Balaban J connectivity index is 1.62. The van der Waals surface area contributed by atoms with Gasteiger partial charge in [0, 0.05) is 67.8 Å². The van der Waals surface area contributed by atoms with Crippen LogP contribution in [0, 0.1) is 6.92 Å². The van der Waals surface area contributed by atoms with Crippen LogP contribution in [0.3, 0.4) is 0 Å². The number of nitrogens with two attached hydrogens (primary N) is 2. The fourth-order valence-corrected chi connectivity index (χ4v) is 7.27. The Hall–Kier alpha value is -4.52. The molecule has 1 aliphatic heterocycles. The van der Waals surface area contributed by atoms with Crippen molar-refractivity contribution < 1.29 is 37.0 Å². The summed E-state index contributed by atoms with van der Waals surface area (Å²) >= 11 is 1.03.